The first-order chi connectivity index (χ1) is 14.1. The van der Waals surface area contributed by atoms with Crippen molar-refractivity contribution in [3.8, 4) is 5.75 Å². The van der Waals surface area contributed by atoms with Crippen LogP contribution in [0, 0.1) is 0 Å². The minimum atomic E-state index is -0.157. The van der Waals surface area contributed by atoms with Gasteiger partial charge in [-0.15, -0.1) is 0 Å². The normalized spacial score (nSPS) is 15.5. The van der Waals surface area contributed by atoms with Gasteiger partial charge in [-0.3, -0.25) is 14.5 Å². The molecule has 0 aliphatic heterocycles. The van der Waals surface area contributed by atoms with E-state index in [1.807, 2.05) is 42.2 Å². The van der Waals surface area contributed by atoms with E-state index in [-0.39, 0.29) is 30.9 Å². The van der Waals surface area contributed by atoms with Gasteiger partial charge in [0.25, 0.3) is 0 Å². The van der Waals surface area contributed by atoms with Gasteiger partial charge >= 0.3 is 0 Å². The molecule has 2 amide bonds. The molecule has 0 saturated heterocycles. The number of fused-ring (bicyclic) bond motifs is 1. The molecule has 2 N–H and O–H groups in total. The highest BCUT2D eigenvalue weighted by molar-refractivity contribution is 5.92. The van der Waals surface area contributed by atoms with Crippen molar-refractivity contribution >= 4 is 17.5 Å². The van der Waals surface area contributed by atoms with Crippen molar-refractivity contribution in [2.45, 2.75) is 32.2 Å². The molecule has 6 nitrogen and oxygen atoms in total. The molecule has 2 aromatic carbocycles. The third-order valence-corrected chi connectivity index (χ3v) is 5.24. The average molecular weight is 396 g/mol. The number of hydrogen-bond acceptors (Lipinski definition) is 4. The lowest BCUT2D eigenvalue weighted by atomic mass is 9.88. The van der Waals surface area contributed by atoms with Gasteiger partial charge < -0.3 is 15.4 Å². The van der Waals surface area contributed by atoms with Gasteiger partial charge in [0.15, 0.2) is 0 Å². The number of benzene rings is 2. The van der Waals surface area contributed by atoms with Gasteiger partial charge in [0.1, 0.15) is 5.75 Å². The van der Waals surface area contributed by atoms with E-state index < -0.39 is 0 Å². The number of methoxy groups -OCH3 is 1. The molecule has 0 heterocycles. The minimum Gasteiger partial charge on any atom is -0.497 e. The third-order valence-electron chi connectivity index (χ3n) is 5.24. The maximum absolute atomic E-state index is 12.6. The van der Waals surface area contributed by atoms with E-state index in [9.17, 15) is 9.59 Å². The second-order valence-corrected chi connectivity index (χ2v) is 7.29. The van der Waals surface area contributed by atoms with Crippen molar-refractivity contribution in [3.63, 3.8) is 0 Å². The zero-order valence-corrected chi connectivity index (χ0v) is 17.1. The number of aryl methyl sites for hydroxylation is 1. The molecule has 1 aliphatic rings. The second kappa shape index (κ2) is 10.1. The zero-order valence-electron chi connectivity index (χ0n) is 17.1. The van der Waals surface area contributed by atoms with E-state index in [0.717, 1.165) is 19.3 Å². The van der Waals surface area contributed by atoms with Crippen molar-refractivity contribution in [3.05, 3.63) is 59.7 Å². The number of hydrogen-bond donors (Lipinski definition) is 2. The summed E-state index contributed by atoms with van der Waals surface area (Å²) in [5.74, 6) is 0.473. The molecule has 2 aromatic rings. The van der Waals surface area contributed by atoms with Crippen LogP contribution in [0.5, 0.6) is 5.75 Å². The molecule has 1 aliphatic carbocycles. The maximum Gasteiger partial charge on any atom is 0.238 e. The number of anilines is 1. The van der Waals surface area contributed by atoms with Gasteiger partial charge in [-0.2, -0.15) is 0 Å². The van der Waals surface area contributed by atoms with Gasteiger partial charge in [0.05, 0.1) is 26.2 Å². The number of amides is 2. The summed E-state index contributed by atoms with van der Waals surface area (Å²) < 4.78 is 5.17. The van der Waals surface area contributed by atoms with E-state index >= 15 is 0 Å². The molecule has 154 valence electrons. The molecule has 0 spiro atoms. The predicted octanol–water partition coefficient (Wildman–Crippen LogP) is 3.15. The van der Waals surface area contributed by atoms with Crippen molar-refractivity contribution < 1.29 is 14.3 Å². The number of carbonyl (C=O) groups is 2. The molecular formula is C23H29N3O3. The Hall–Kier alpha value is -2.86. The summed E-state index contributed by atoms with van der Waals surface area (Å²) in [5.41, 5.74) is 3.20. The molecule has 29 heavy (non-hydrogen) atoms. The van der Waals surface area contributed by atoms with Crippen LogP contribution in [0.3, 0.4) is 0 Å². The summed E-state index contributed by atoms with van der Waals surface area (Å²) >= 11 is 0. The Balaban J connectivity index is 1.53. The standard InChI is InChI=1S/C23H29N3O3/c1-3-26(15-22(27)24-18-10-7-11-19(14-18)29-2)16-23(28)25-21-13-6-9-17-8-4-5-12-20(17)21/h4-5,7-8,10-12,14,21H,3,6,9,13,15-16H2,1-2H3,(H,24,27)(H,25,28). The Bertz CT molecular complexity index is 853. The lowest BCUT2D eigenvalue weighted by Crippen LogP contribution is -2.42. The Morgan fingerprint density at radius 1 is 1.10 bits per heavy atom. The highest BCUT2D eigenvalue weighted by Gasteiger charge is 2.22. The molecular weight excluding hydrogens is 366 g/mol. The first kappa shape index (κ1) is 20.9. The van der Waals surface area contributed by atoms with E-state index in [1.54, 1.807) is 13.2 Å². The number of carbonyl (C=O) groups excluding carboxylic acids is 2. The summed E-state index contributed by atoms with van der Waals surface area (Å²) in [6, 6.07) is 15.6. The second-order valence-electron chi connectivity index (χ2n) is 7.29. The molecule has 0 radical (unpaired) electrons. The Kier molecular flexibility index (Phi) is 7.25. The molecule has 0 bridgehead atoms. The van der Waals surface area contributed by atoms with E-state index in [1.165, 1.54) is 11.1 Å². The van der Waals surface area contributed by atoms with Crippen LogP contribution in [0.2, 0.25) is 0 Å². The van der Waals surface area contributed by atoms with Crippen LogP contribution in [-0.2, 0) is 16.0 Å². The van der Waals surface area contributed by atoms with Crippen LogP contribution in [0.1, 0.15) is 36.9 Å². The lowest BCUT2D eigenvalue weighted by molar-refractivity contribution is -0.124. The molecule has 0 saturated carbocycles. The summed E-state index contributed by atoms with van der Waals surface area (Å²) in [4.78, 5) is 26.8. The fraction of sp³-hybridized carbons (Fsp3) is 0.391. The summed E-state index contributed by atoms with van der Waals surface area (Å²) in [7, 11) is 1.59. The first-order valence-corrected chi connectivity index (χ1v) is 10.1. The van der Waals surface area contributed by atoms with Crippen LogP contribution in [0.25, 0.3) is 0 Å². The lowest BCUT2D eigenvalue weighted by Gasteiger charge is -2.27. The minimum absolute atomic E-state index is 0.0526. The van der Waals surface area contributed by atoms with Gasteiger partial charge in [0.2, 0.25) is 11.8 Å². The largest absolute Gasteiger partial charge is 0.497 e. The molecule has 0 fully saturated rings. The van der Waals surface area contributed by atoms with Crippen LogP contribution in [0.4, 0.5) is 5.69 Å². The molecule has 1 unspecified atom stereocenters. The van der Waals surface area contributed by atoms with Crippen molar-refractivity contribution in [1.82, 2.24) is 10.2 Å². The number of likely N-dealkylation sites (N-methyl/N-ethyl adjacent to an activating group) is 1. The van der Waals surface area contributed by atoms with Gasteiger partial charge in [-0.25, -0.2) is 0 Å². The summed E-state index contributed by atoms with van der Waals surface area (Å²) in [5, 5.41) is 6.01. The molecule has 3 rings (SSSR count). The number of nitrogens with zero attached hydrogens (tertiary/aromatic N) is 1. The number of ether oxygens (including phenoxy) is 1. The zero-order chi connectivity index (χ0) is 20.6. The van der Waals surface area contributed by atoms with Gasteiger partial charge in [-0.05, 0) is 49.1 Å². The first-order valence-electron chi connectivity index (χ1n) is 10.1. The van der Waals surface area contributed by atoms with E-state index in [2.05, 4.69) is 22.8 Å². The van der Waals surface area contributed by atoms with Crippen LogP contribution in [-0.4, -0.2) is 43.5 Å². The van der Waals surface area contributed by atoms with Crippen LogP contribution < -0.4 is 15.4 Å². The summed E-state index contributed by atoms with van der Waals surface area (Å²) in [6.07, 6.45) is 3.08. The van der Waals surface area contributed by atoms with Gasteiger partial charge in [0, 0.05) is 11.8 Å². The SMILES string of the molecule is CCN(CC(=O)Nc1cccc(OC)c1)CC(=O)NC1CCCc2ccccc21. The smallest absolute Gasteiger partial charge is 0.238 e. The number of rotatable bonds is 8. The highest BCUT2D eigenvalue weighted by Crippen LogP contribution is 2.29. The van der Waals surface area contributed by atoms with Gasteiger partial charge in [-0.1, -0.05) is 37.3 Å². The van der Waals surface area contributed by atoms with Crippen molar-refractivity contribution in [1.29, 1.82) is 0 Å². The Labute approximate surface area is 172 Å². The van der Waals surface area contributed by atoms with E-state index in [0.29, 0.717) is 18.0 Å². The average Bonchev–Trinajstić information content (AvgIpc) is 2.73. The fourth-order valence-electron chi connectivity index (χ4n) is 3.73. The fourth-order valence-corrected chi connectivity index (χ4v) is 3.73. The monoisotopic (exact) mass is 395 g/mol. The predicted molar refractivity (Wildman–Crippen MR) is 114 cm³/mol. The molecule has 1 atom stereocenters. The maximum atomic E-state index is 12.6. The van der Waals surface area contributed by atoms with Crippen LogP contribution >= 0.6 is 0 Å². The van der Waals surface area contributed by atoms with Crippen molar-refractivity contribution in [2.24, 2.45) is 0 Å². The number of nitrogens with one attached hydrogen (secondary N) is 2. The Morgan fingerprint density at radius 3 is 2.69 bits per heavy atom. The quantitative estimate of drug-likeness (QED) is 0.720. The van der Waals surface area contributed by atoms with E-state index in [4.69, 9.17) is 4.74 Å². The third kappa shape index (κ3) is 5.81. The van der Waals surface area contributed by atoms with Crippen molar-refractivity contribution in [2.75, 3.05) is 32.1 Å². The topological polar surface area (TPSA) is 70.7 Å². The molecule has 0 aromatic heterocycles. The Morgan fingerprint density at radius 2 is 1.90 bits per heavy atom. The summed E-state index contributed by atoms with van der Waals surface area (Å²) in [6.45, 7) is 2.91. The van der Waals surface area contributed by atoms with Crippen LogP contribution in [0.15, 0.2) is 48.5 Å². The highest BCUT2D eigenvalue weighted by atomic mass is 16.5. The molecule has 6 heteroatoms.